The van der Waals surface area contributed by atoms with E-state index in [4.69, 9.17) is 18.3 Å². The number of rotatable bonds is 10. The largest absolute Gasteiger partial charge is 0.408 e. The van der Waals surface area contributed by atoms with Crippen LogP contribution >= 0.6 is 0 Å². The molecule has 3 unspecified atom stereocenters. The zero-order chi connectivity index (χ0) is 29.3. The Kier molecular flexibility index (Phi) is 9.43. The third-order valence-electron chi connectivity index (χ3n) is 8.22. The van der Waals surface area contributed by atoms with Crippen LogP contribution in [0.15, 0.2) is 85.5 Å². The fourth-order valence-corrected chi connectivity index (χ4v) is 11.0. The van der Waals surface area contributed by atoms with Gasteiger partial charge in [-0.25, -0.2) is 0 Å². The normalized spacial score (nSPS) is 21.0. The van der Waals surface area contributed by atoms with Gasteiger partial charge in [-0.2, -0.15) is 0 Å². The fourth-order valence-electron chi connectivity index (χ4n) is 5.16. The van der Waals surface area contributed by atoms with Gasteiger partial charge in [0.25, 0.3) is 8.32 Å². The second-order valence-corrected chi connectivity index (χ2v) is 22.8. The topological polar surface area (TPSA) is 36.9 Å². The van der Waals surface area contributed by atoms with Gasteiger partial charge in [-0.05, 0) is 53.0 Å². The second-order valence-electron chi connectivity index (χ2n) is 13.7. The van der Waals surface area contributed by atoms with Crippen LogP contribution in [0.2, 0.25) is 23.2 Å². The van der Waals surface area contributed by atoms with Crippen molar-refractivity contribution >= 4 is 27.0 Å². The Balaban J connectivity index is 1.96. The van der Waals surface area contributed by atoms with E-state index in [-0.39, 0.29) is 28.4 Å². The molecule has 0 amide bonds. The van der Waals surface area contributed by atoms with Crippen molar-refractivity contribution in [2.45, 2.75) is 103 Å². The van der Waals surface area contributed by atoms with E-state index >= 15 is 0 Å². The molecule has 1 aliphatic heterocycles. The predicted octanol–water partition coefficient (Wildman–Crippen LogP) is 7.22. The Bertz CT molecular complexity index is 1070. The van der Waals surface area contributed by atoms with Gasteiger partial charge in [0, 0.05) is 0 Å². The Labute approximate surface area is 239 Å². The third kappa shape index (κ3) is 6.75. The van der Waals surface area contributed by atoms with E-state index in [0.29, 0.717) is 6.61 Å². The first kappa shape index (κ1) is 31.7. The van der Waals surface area contributed by atoms with E-state index in [1.54, 1.807) is 0 Å². The van der Waals surface area contributed by atoms with Gasteiger partial charge in [0.05, 0.1) is 12.7 Å². The monoisotopic (exact) mass is 566 g/mol. The Morgan fingerprint density at radius 2 is 1.38 bits per heavy atom. The first-order valence-corrected chi connectivity index (χ1v) is 18.9. The van der Waals surface area contributed by atoms with Crippen molar-refractivity contribution in [1.82, 2.24) is 0 Å². The standard InChI is InChI=1S/C33H50O4Si2/c1-13-28(37-38(11,12)31(3,4)5)30-29(35-33(9,10)36-30)25(2)24-34-39(32(6,7)8,26-20-16-14-17-21-26)27-22-18-15-19-23-27/h13-23,28-30H,1-2,24H2,3-12H3. The maximum Gasteiger partial charge on any atom is 0.261 e. The molecule has 1 fully saturated rings. The molecule has 1 aliphatic rings. The molecule has 0 spiro atoms. The van der Waals surface area contributed by atoms with Gasteiger partial charge in [0.15, 0.2) is 14.1 Å². The molecule has 0 aliphatic carbocycles. The zero-order valence-electron chi connectivity index (χ0n) is 25.8. The average Bonchev–Trinajstić information content (AvgIpc) is 3.18. The summed E-state index contributed by atoms with van der Waals surface area (Å²) >= 11 is 0. The Morgan fingerprint density at radius 3 is 1.79 bits per heavy atom. The van der Waals surface area contributed by atoms with Crippen LogP contribution in [0.1, 0.15) is 55.4 Å². The molecule has 6 heteroatoms. The van der Waals surface area contributed by atoms with Gasteiger partial charge in [-0.1, -0.05) is 115 Å². The lowest BCUT2D eigenvalue weighted by atomic mass is 10.0. The summed E-state index contributed by atoms with van der Waals surface area (Å²) in [6.45, 7) is 30.9. The Morgan fingerprint density at radius 1 is 0.897 bits per heavy atom. The highest BCUT2D eigenvalue weighted by atomic mass is 28.4. The highest BCUT2D eigenvalue weighted by Crippen LogP contribution is 2.42. The Hall–Kier alpha value is -1.81. The van der Waals surface area contributed by atoms with E-state index in [1.165, 1.54) is 10.4 Å². The molecule has 0 bridgehead atoms. The molecular weight excluding hydrogens is 517 g/mol. The molecule has 1 saturated heterocycles. The summed E-state index contributed by atoms with van der Waals surface area (Å²) in [4.78, 5) is 0. The molecule has 2 aromatic rings. The summed E-state index contributed by atoms with van der Waals surface area (Å²) in [6.07, 6.45) is 0.800. The predicted molar refractivity (Wildman–Crippen MR) is 169 cm³/mol. The van der Waals surface area contributed by atoms with Crippen LogP contribution in [0.3, 0.4) is 0 Å². The minimum Gasteiger partial charge on any atom is -0.408 e. The van der Waals surface area contributed by atoms with Gasteiger partial charge in [0.1, 0.15) is 12.2 Å². The lowest BCUT2D eigenvalue weighted by Gasteiger charge is -2.43. The molecular formula is C33H50O4Si2. The van der Waals surface area contributed by atoms with Crippen LogP contribution in [0.5, 0.6) is 0 Å². The van der Waals surface area contributed by atoms with Crippen LogP contribution in [0.4, 0.5) is 0 Å². The van der Waals surface area contributed by atoms with Crippen LogP contribution in [0.25, 0.3) is 0 Å². The summed E-state index contributed by atoms with van der Waals surface area (Å²) in [7, 11) is -4.81. The highest BCUT2D eigenvalue weighted by molar-refractivity contribution is 6.99. The summed E-state index contributed by atoms with van der Waals surface area (Å²) in [6, 6.07) is 21.3. The smallest absolute Gasteiger partial charge is 0.261 e. The molecule has 2 aromatic carbocycles. The molecule has 4 nitrogen and oxygen atoms in total. The summed E-state index contributed by atoms with van der Waals surface area (Å²) in [5.74, 6) is -0.770. The highest BCUT2D eigenvalue weighted by Gasteiger charge is 2.52. The van der Waals surface area contributed by atoms with Gasteiger partial charge in [-0.15, -0.1) is 6.58 Å². The zero-order valence-corrected chi connectivity index (χ0v) is 27.8. The summed E-state index contributed by atoms with van der Waals surface area (Å²) in [5, 5.41) is 2.41. The number of hydrogen-bond donors (Lipinski definition) is 0. The van der Waals surface area contributed by atoms with Crippen LogP contribution in [-0.4, -0.2) is 47.3 Å². The summed E-state index contributed by atoms with van der Waals surface area (Å²) < 4.78 is 26.9. The van der Waals surface area contributed by atoms with Crippen LogP contribution in [0, 0.1) is 0 Å². The molecule has 0 N–H and O–H groups in total. The van der Waals surface area contributed by atoms with Crippen molar-refractivity contribution in [2.75, 3.05) is 6.61 Å². The van der Waals surface area contributed by atoms with Crippen molar-refractivity contribution in [3.63, 3.8) is 0 Å². The quantitative estimate of drug-likeness (QED) is 0.225. The summed E-state index contributed by atoms with van der Waals surface area (Å²) in [5.41, 5.74) is 0.851. The molecule has 0 aromatic heterocycles. The van der Waals surface area contributed by atoms with Crippen molar-refractivity contribution in [2.24, 2.45) is 0 Å². The maximum atomic E-state index is 7.17. The van der Waals surface area contributed by atoms with Crippen molar-refractivity contribution in [3.05, 3.63) is 85.5 Å². The van der Waals surface area contributed by atoms with E-state index in [2.05, 4.69) is 128 Å². The molecule has 214 valence electrons. The van der Waals surface area contributed by atoms with Crippen LogP contribution < -0.4 is 10.4 Å². The van der Waals surface area contributed by atoms with Crippen molar-refractivity contribution in [1.29, 1.82) is 0 Å². The lowest BCUT2D eigenvalue weighted by Crippen LogP contribution is -2.66. The first-order valence-electron chi connectivity index (χ1n) is 14.0. The molecule has 3 rings (SSSR count). The number of hydrogen-bond acceptors (Lipinski definition) is 4. The fraction of sp³-hybridized carbons (Fsp3) is 0.515. The van der Waals surface area contributed by atoms with Crippen molar-refractivity contribution < 1.29 is 18.3 Å². The van der Waals surface area contributed by atoms with Crippen molar-refractivity contribution in [3.8, 4) is 0 Å². The minimum absolute atomic E-state index is 0.0577. The van der Waals surface area contributed by atoms with Gasteiger partial charge < -0.3 is 18.3 Å². The maximum absolute atomic E-state index is 7.17. The van der Waals surface area contributed by atoms with Crippen LogP contribution in [-0.2, 0) is 18.3 Å². The number of benzene rings is 2. The number of ether oxygens (including phenoxy) is 2. The molecule has 39 heavy (non-hydrogen) atoms. The van der Waals surface area contributed by atoms with E-state index < -0.39 is 22.4 Å². The minimum atomic E-state index is -2.72. The van der Waals surface area contributed by atoms with Gasteiger partial charge in [0.2, 0.25) is 0 Å². The molecule has 1 heterocycles. The lowest BCUT2D eigenvalue weighted by molar-refractivity contribution is -0.150. The molecule has 0 saturated carbocycles. The average molecular weight is 567 g/mol. The van der Waals surface area contributed by atoms with Gasteiger partial charge in [-0.3, -0.25) is 0 Å². The molecule has 0 radical (unpaired) electrons. The molecule has 3 atom stereocenters. The first-order chi connectivity index (χ1) is 18.0. The third-order valence-corrected chi connectivity index (χ3v) is 17.7. The van der Waals surface area contributed by atoms with E-state index in [1.807, 2.05) is 19.9 Å². The second kappa shape index (κ2) is 11.6. The van der Waals surface area contributed by atoms with E-state index in [9.17, 15) is 0 Å². The SMILES string of the molecule is C=CC(O[Si](C)(C)C(C)(C)C)C1OC(C)(C)OC1C(=C)CO[Si](c1ccccc1)(c1ccccc1)C(C)(C)C. The van der Waals surface area contributed by atoms with E-state index in [0.717, 1.165) is 5.57 Å². The van der Waals surface area contributed by atoms with Gasteiger partial charge >= 0.3 is 0 Å².